The van der Waals surface area contributed by atoms with Gasteiger partial charge in [0.1, 0.15) is 0 Å². The first kappa shape index (κ1) is 24.7. The van der Waals surface area contributed by atoms with Gasteiger partial charge in [0.25, 0.3) is 0 Å². The van der Waals surface area contributed by atoms with Gasteiger partial charge in [-0.1, -0.05) is 45.8 Å². The number of ether oxygens (including phenoxy) is 1. The molecular weight excluding hydrogens is 440 g/mol. The van der Waals surface area contributed by atoms with Crippen molar-refractivity contribution in [3.8, 4) is 0 Å². The molecule has 3 fully saturated rings. The van der Waals surface area contributed by atoms with Crippen LogP contribution in [0.1, 0.15) is 79.6 Å². The van der Waals surface area contributed by atoms with E-state index in [0.29, 0.717) is 6.42 Å². The van der Waals surface area contributed by atoms with E-state index in [4.69, 9.17) is 16.3 Å². The van der Waals surface area contributed by atoms with Gasteiger partial charge in [0.2, 0.25) is 0 Å². The predicted molar refractivity (Wildman–Crippen MR) is 127 cm³/mol. The number of hydrogen-bond donors (Lipinski definition) is 1. The number of fused-ring (bicyclic) bond motifs is 5. The molecule has 1 N–H and O–H groups in total. The Bertz CT molecular complexity index is 939. The summed E-state index contributed by atoms with van der Waals surface area (Å²) in [5.41, 5.74) is -1.65. The predicted octanol–water partition coefficient (Wildman–Crippen LogP) is 4.93. The summed E-state index contributed by atoms with van der Waals surface area (Å²) in [6, 6.07) is 0. The fraction of sp³-hybridized carbons (Fsp3) is 0.741. The number of aliphatic hydroxyl groups is 1. The molecule has 0 aromatic rings. The molecule has 0 amide bonds. The molecule has 0 aliphatic heterocycles. The minimum Gasteiger partial charge on any atom is -0.450 e. The molecule has 0 saturated heterocycles. The summed E-state index contributed by atoms with van der Waals surface area (Å²) >= 11 is 7.47. The largest absolute Gasteiger partial charge is 0.450 e. The maximum Gasteiger partial charge on any atom is 0.306 e. The Labute approximate surface area is 202 Å². The first-order valence-corrected chi connectivity index (χ1v) is 12.8. The van der Waals surface area contributed by atoms with E-state index in [2.05, 4.69) is 0 Å². The Morgan fingerprint density at radius 2 is 1.97 bits per heavy atom. The van der Waals surface area contributed by atoms with E-state index in [1.165, 1.54) is 6.92 Å². The first-order chi connectivity index (χ1) is 15.4. The Morgan fingerprint density at radius 3 is 2.61 bits per heavy atom. The van der Waals surface area contributed by atoms with E-state index in [9.17, 15) is 19.5 Å². The van der Waals surface area contributed by atoms with Crippen LogP contribution in [0.5, 0.6) is 0 Å². The van der Waals surface area contributed by atoms with Gasteiger partial charge < -0.3 is 9.84 Å². The smallest absolute Gasteiger partial charge is 0.306 e. The van der Waals surface area contributed by atoms with Crippen LogP contribution in [0.4, 0.5) is 0 Å². The van der Waals surface area contributed by atoms with Crippen molar-refractivity contribution in [3.63, 3.8) is 0 Å². The Morgan fingerprint density at radius 1 is 1.27 bits per heavy atom. The number of alkyl halides is 1. The number of halogens is 1. The fourth-order valence-electron chi connectivity index (χ4n) is 8.12. The molecular formula is C27H37ClO5. The van der Waals surface area contributed by atoms with E-state index in [0.717, 1.165) is 31.3 Å². The third kappa shape index (κ3) is 3.10. The maximum atomic E-state index is 13.3. The van der Waals surface area contributed by atoms with Crippen LogP contribution < -0.4 is 0 Å². The number of rotatable bonds is 5. The van der Waals surface area contributed by atoms with Gasteiger partial charge in [0, 0.05) is 23.2 Å². The highest BCUT2D eigenvalue weighted by atomic mass is 35.5. The van der Waals surface area contributed by atoms with E-state index < -0.39 is 27.4 Å². The SMILES string of the molecule is CCCCC(=O)O[C@]1(C(C)=O)[C@@H](C)C[C@H]2[C@@H]3CCC4=CC(=O)C=C[C@]4(C)[C@@]3(Cl)[C@@H](O)C[C@@]21C. The van der Waals surface area contributed by atoms with Crippen molar-refractivity contribution >= 4 is 29.1 Å². The first-order valence-electron chi connectivity index (χ1n) is 12.4. The van der Waals surface area contributed by atoms with Crippen LogP contribution in [0.15, 0.2) is 23.8 Å². The fourth-order valence-corrected chi connectivity index (χ4v) is 8.64. The van der Waals surface area contributed by atoms with Crippen LogP contribution >= 0.6 is 11.6 Å². The lowest BCUT2D eigenvalue weighted by Gasteiger charge is -2.64. The Balaban J connectivity index is 1.78. The molecule has 33 heavy (non-hydrogen) atoms. The molecule has 5 nitrogen and oxygen atoms in total. The van der Waals surface area contributed by atoms with Crippen LogP contribution in [0, 0.1) is 28.6 Å². The van der Waals surface area contributed by atoms with E-state index in [1.54, 1.807) is 12.2 Å². The average molecular weight is 477 g/mol. The van der Waals surface area contributed by atoms with Gasteiger partial charge in [0.15, 0.2) is 17.2 Å². The monoisotopic (exact) mass is 476 g/mol. The quantitative estimate of drug-likeness (QED) is 0.449. The highest BCUT2D eigenvalue weighted by molar-refractivity contribution is 6.26. The van der Waals surface area contributed by atoms with Crippen molar-refractivity contribution < 1.29 is 24.2 Å². The molecule has 0 aromatic carbocycles. The molecule has 0 spiro atoms. The van der Waals surface area contributed by atoms with E-state index in [1.807, 2.05) is 33.8 Å². The van der Waals surface area contributed by atoms with Crippen molar-refractivity contribution in [2.45, 2.75) is 96.1 Å². The molecule has 3 saturated carbocycles. The van der Waals surface area contributed by atoms with Crippen LogP contribution in [-0.2, 0) is 19.1 Å². The number of esters is 1. The molecule has 182 valence electrons. The molecule has 4 aliphatic rings. The van der Waals surface area contributed by atoms with Crippen molar-refractivity contribution in [1.82, 2.24) is 0 Å². The van der Waals surface area contributed by atoms with Gasteiger partial charge in [-0.25, -0.2) is 0 Å². The number of carbonyl (C=O) groups excluding carboxylic acids is 3. The minimum absolute atomic E-state index is 0.0145. The third-order valence-corrected chi connectivity index (χ3v) is 10.6. The lowest BCUT2D eigenvalue weighted by Crippen LogP contribution is -2.69. The molecule has 6 heteroatoms. The second kappa shape index (κ2) is 8.05. The molecule has 0 radical (unpaired) electrons. The van der Waals surface area contributed by atoms with E-state index >= 15 is 0 Å². The number of unbranched alkanes of at least 4 members (excludes halogenated alkanes) is 1. The van der Waals surface area contributed by atoms with Crippen LogP contribution in [0.25, 0.3) is 0 Å². The van der Waals surface area contributed by atoms with Gasteiger partial charge in [0.05, 0.1) is 11.0 Å². The lowest BCUT2D eigenvalue weighted by atomic mass is 9.45. The van der Waals surface area contributed by atoms with Crippen molar-refractivity contribution in [2.75, 3.05) is 0 Å². The zero-order valence-electron chi connectivity index (χ0n) is 20.4. The minimum atomic E-state index is -1.27. The molecule has 4 rings (SSSR count). The van der Waals surface area contributed by atoms with Gasteiger partial charge in [-0.05, 0) is 63.0 Å². The summed E-state index contributed by atoms with van der Waals surface area (Å²) in [5.74, 6) is -0.764. The average Bonchev–Trinajstić information content (AvgIpc) is 2.96. The zero-order chi connectivity index (χ0) is 24.4. The van der Waals surface area contributed by atoms with Crippen LogP contribution in [0.3, 0.4) is 0 Å². The molecule has 0 unspecified atom stereocenters. The number of carbonyl (C=O) groups is 3. The standard InChI is InChI=1S/C27H37ClO5/c1-6-7-8-23(32)33-27(17(3)29)16(2)13-21-20-10-9-18-14-19(30)11-12-24(18,4)26(20,28)22(31)15-25(21,27)5/h11-12,14,16,20-22,31H,6-10,13,15H2,1-5H3/t16-,20-,21-,22-,24-,25-,26-,27-/m0/s1. The number of Topliss-reactive ketones (excluding diaryl/α,β-unsaturated/α-hetero) is 1. The van der Waals surface area contributed by atoms with Gasteiger partial charge in [-0.3, -0.25) is 14.4 Å². The normalized spacial score (nSPS) is 46.2. The molecule has 0 bridgehead atoms. The second-order valence-corrected chi connectivity index (χ2v) is 11.9. The highest BCUT2D eigenvalue weighted by Crippen LogP contribution is 2.72. The van der Waals surface area contributed by atoms with Crippen LogP contribution in [-0.4, -0.2) is 39.2 Å². The van der Waals surface area contributed by atoms with Crippen molar-refractivity contribution in [2.24, 2.45) is 28.6 Å². The Hall–Kier alpha value is -1.46. The van der Waals surface area contributed by atoms with E-state index in [-0.39, 0.29) is 48.1 Å². The number of ketones is 2. The topological polar surface area (TPSA) is 80.7 Å². The van der Waals surface area contributed by atoms with Crippen molar-refractivity contribution in [1.29, 1.82) is 0 Å². The summed E-state index contributed by atoms with van der Waals surface area (Å²) in [6.45, 7) is 9.57. The van der Waals surface area contributed by atoms with Gasteiger partial charge in [-0.2, -0.15) is 0 Å². The van der Waals surface area contributed by atoms with Gasteiger partial charge >= 0.3 is 5.97 Å². The highest BCUT2D eigenvalue weighted by Gasteiger charge is 2.75. The van der Waals surface area contributed by atoms with Gasteiger partial charge in [-0.15, -0.1) is 11.6 Å². The molecule has 8 atom stereocenters. The van der Waals surface area contributed by atoms with Crippen LogP contribution in [0.2, 0.25) is 0 Å². The summed E-state index contributed by atoms with van der Waals surface area (Å²) in [4.78, 5) is 37.2. The number of allylic oxidation sites excluding steroid dienone is 4. The summed E-state index contributed by atoms with van der Waals surface area (Å²) in [7, 11) is 0. The number of aliphatic hydroxyl groups excluding tert-OH is 1. The van der Waals surface area contributed by atoms with Crippen molar-refractivity contribution in [3.05, 3.63) is 23.8 Å². The number of hydrogen-bond acceptors (Lipinski definition) is 5. The molecule has 0 aromatic heterocycles. The summed E-state index contributed by atoms with van der Waals surface area (Å²) in [6.07, 6.45) is 8.50. The third-order valence-electron chi connectivity index (χ3n) is 9.71. The lowest BCUT2D eigenvalue weighted by molar-refractivity contribution is -0.200. The molecule has 0 heterocycles. The maximum absolute atomic E-state index is 13.3. The summed E-state index contributed by atoms with van der Waals surface area (Å²) < 4.78 is 6.14. The second-order valence-electron chi connectivity index (χ2n) is 11.3. The Kier molecular flexibility index (Phi) is 6.01. The summed E-state index contributed by atoms with van der Waals surface area (Å²) in [5, 5.41) is 11.7. The zero-order valence-corrected chi connectivity index (χ0v) is 21.2. The molecule has 4 aliphatic carbocycles.